The van der Waals surface area contributed by atoms with E-state index in [1.807, 2.05) is 109 Å². The number of hydrogen-bond donors (Lipinski definition) is 0. The van der Waals surface area contributed by atoms with Gasteiger partial charge in [-0.1, -0.05) is 158 Å². The van der Waals surface area contributed by atoms with E-state index in [1.54, 1.807) is 0 Å². The molecular weight excluding hydrogens is 693 g/mol. The third-order valence-corrected chi connectivity index (χ3v) is 11.2. The maximum absolute atomic E-state index is 10.3. The van der Waals surface area contributed by atoms with E-state index in [4.69, 9.17) is 0 Å². The molecule has 0 aromatic heterocycles. The monoisotopic (exact) mass is 722 g/mol. The van der Waals surface area contributed by atoms with Crippen LogP contribution in [0.4, 0.5) is 0 Å². The van der Waals surface area contributed by atoms with Crippen LogP contribution >= 0.6 is 0 Å². The Morgan fingerprint density at radius 1 is 0.281 bits per heavy atom. The Morgan fingerprint density at radius 3 is 0.877 bits per heavy atom. The number of nitrogens with zero attached hydrogens (tertiary/aromatic N) is 4. The Kier molecular flexibility index (Phi) is 8.58. The van der Waals surface area contributed by atoms with Crippen molar-refractivity contribution in [3.05, 3.63) is 226 Å². The van der Waals surface area contributed by atoms with Gasteiger partial charge in [0.2, 0.25) is 0 Å². The van der Waals surface area contributed by atoms with Crippen LogP contribution in [0.5, 0.6) is 0 Å². The lowest BCUT2D eigenvalue weighted by Gasteiger charge is -2.34. The Hall–Kier alpha value is -8.28. The molecule has 0 aliphatic heterocycles. The standard InChI is InChI=1S/C53H30N4/c54-31-39-29-49(41(33-56)27-47(39)35-11-3-1-4-12-35)37-19-23-43(24-20-37)53(51-17-9-7-15-45(51)46-16-8-10-18-52(46)53)44-25-21-38(22-26-44)50-30-40(32-55)48(28-42(50)34-57)36-13-5-2-6-14-36/h1-30H. The summed E-state index contributed by atoms with van der Waals surface area (Å²) in [4.78, 5) is 0. The number of benzene rings is 8. The van der Waals surface area contributed by atoms with E-state index in [0.717, 1.165) is 66.8 Å². The van der Waals surface area contributed by atoms with Crippen LogP contribution in [0.2, 0.25) is 0 Å². The van der Waals surface area contributed by atoms with Gasteiger partial charge in [-0.2, -0.15) is 21.0 Å². The second kappa shape index (κ2) is 14.2. The highest BCUT2D eigenvalue weighted by atomic mass is 14.5. The Bertz CT molecular complexity index is 2820. The van der Waals surface area contributed by atoms with Crippen molar-refractivity contribution in [1.82, 2.24) is 0 Å². The van der Waals surface area contributed by atoms with Crippen molar-refractivity contribution in [1.29, 1.82) is 21.0 Å². The molecule has 8 aromatic rings. The van der Waals surface area contributed by atoms with Crippen molar-refractivity contribution >= 4 is 0 Å². The van der Waals surface area contributed by atoms with E-state index in [2.05, 4.69) is 97.1 Å². The van der Waals surface area contributed by atoms with Gasteiger partial charge in [0.05, 0.1) is 51.9 Å². The maximum Gasteiger partial charge on any atom is 0.0998 e. The second-order valence-corrected chi connectivity index (χ2v) is 14.1. The maximum atomic E-state index is 10.3. The molecule has 1 aliphatic rings. The van der Waals surface area contributed by atoms with E-state index in [1.165, 1.54) is 0 Å². The van der Waals surface area contributed by atoms with Crippen molar-refractivity contribution in [2.24, 2.45) is 0 Å². The van der Waals surface area contributed by atoms with Gasteiger partial charge in [-0.25, -0.2) is 0 Å². The lowest BCUT2D eigenvalue weighted by atomic mass is 9.67. The fourth-order valence-electron chi connectivity index (χ4n) is 8.58. The van der Waals surface area contributed by atoms with Gasteiger partial charge in [-0.05, 0) is 79.9 Å². The highest BCUT2D eigenvalue weighted by molar-refractivity contribution is 5.88. The third-order valence-electron chi connectivity index (χ3n) is 11.2. The van der Waals surface area contributed by atoms with Crippen LogP contribution in [0.1, 0.15) is 44.5 Å². The minimum Gasteiger partial charge on any atom is -0.192 e. The molecule has 4 heteroatoms. The van der Waals surface area contributed by atoms with E-state index in [0.29, 0.717) is 33.4 Å². The van der Waals surface area contributed by atoms with Crippen molar-refractivity contribution in [3.63, 3.8) is 0 Å². The molecule has 0 amide bonds. The first-order chi connectivity index (χ1) is 28.1. The summed E-state index contributed by atoms with van der Waals surface area (Å²) in [6, 6.07) is 69.9. The summed E-state index contributed by atoms with van der Waals surface area (Å²) < 4.78 is 0. The molecule has 0 bridgehead atoms. The molecule has 0 saturated carbocycles. The summed E-state index contributed by atoms with van der Waals surface area (Å²) in [5.41, 5.74) is 14.4. The molecule has 0 spiro atoms. The van der Waals surface area contributed by atoms with Crippen LogP contribution in [0.3, 0.4) is 0 Å². The van der Waals surface area contributed by atoms with E-state index >= 15 is 0 Å². The minimum absolute atomic E-state index is 0.496. The van der Waals surface area contributed by atoms with Crippen molar-refractivity contribution in [2.75, 3.05) is 0 Å². The first-order valence-electron chi connectivity index (χ1n) is 18.6. The number of fused-ring (bicyclic) bond motifs is 3. The number of rotatable bonds is 6. The zero-order valence-corrected chi connectivity index (χ0v) is 30.6. The molecule has 262 valence electrons. The molecule has 0 N–H and O–H groups in total. The highest BCUT2D eigenvalue weighted by Crippen LogP contribution is 2.56. The van der Waals surface area contributed by atoms with Gasteiger partial charge in [-0.15, -0.1) is 0 Å². The van der Waals surface area contributed by atoms with Crippen LogP contribution in [0.15, 0.2) is 182 Å². The molecule has 4 nitrogen and oxygen atoms in total. The quantitative estimate of drug-likeness (QED) is 0.171. The molecule has 1 aliphatic carbocycles. The summed E-state index contributed by atoms with van der Waals surface area (Å²) in [5.74, 6) is 0. The van der Waals surface area contributed by atoms with Gasteiger partial charge in [0.1, 0.15) is 0 Å². The van der Waals surface area contributed by atoms with Gasteiger partial charge >= 0.3 is 0 Å². The predicted molar refractivity (Wildman–Crippen MR) is 224 cm³/mol. The summed E-state index contributed by atoms with van der Waals surface area (Å²) >= 11 is 0. The largest absolute Gasteiger partial charge is 0.192 e. The molecule has 57 heavy (non-hydrogen) atoms. The Morgan fingerprint density at radius 2 is 0.561 bits per heavy atom. The predicted octanol–water partition coefficient (Wildman–Crippen LogP) is 12.2. The molecule has 0 heterocycles. The average molecular weight is 723 g/mol. The van der Waals surface area contributed by atoms with Gasteiger partial charge in [0.25, 0.3) is 0 Å². The van der Waals surface area contributed by atoms with E-state index < -0.39 is 5.41 Å². The lowest BCUT2D eigenvalue weighted by Crippen LogP contribution is -2.28. The molecule has 8 aromatic carbocycles. The van der Waals surface area contributed by atoms with Crippen molar-refractivity contribution in [2.45, 2.75) is 5.41 Å². The number of hydrogen-bond acceptors (Lipinski definition) is 4. The van der Waals surface area contributed by atoms with Crippen LogP contribution in [0.25, 0.3) is 55.6 Å². The smallest absolute Gasteiger partial charge is 0.0998 e. The van der Waals surface area contributed by atoms with Crippen molar-refractivity contribution < 1.29 is 0 Å². The fraction of sp³-hybridized carbons (Fsp3) is 0.0189. The second-order valence-electron chi connectivity index (χ2n) is 14.1. The summed E-state index contributed by atoms with van der Waals surface area (Å²) in [6.45, 7) is 0. The van der Waals surface area contributed by atoms with Crippen LogP contribution in [-0.2, 0) is 5.41 Å². The normalized spacial score (nSPS) is 11.9. The molecule has 9 rings (SSSR count). The first-order valence-corrected chi connectivity index (χ1v) is 18.6. The average Bonchev–Trinajstić information content (AvgIpc) is 3.59. The molecule has 0 fully saturated rings. The van der Waals surface area contributed by atoms with E-state index in [-0.39, 0.29) is 0 Å². The van der Waals surface area contributed by atoms with Gasteiger partial charge in [-0.3, -0.25) is 0 Å². The number of nitriles is 4. The lowest BCUT2D eigenvalue weighted by molar-refractivity contribution is 0.769. The van der Waals surface area contributed by atoms with Gasteiger partial charge in [0, 0.05) is 22.3 Å². The molecular formula is C53H30N4. The zero-order chi connectivity index (χ0) is 38.9. The Labute approximate surface area is 331 Å². The summed E-state index contributed by atoms with van der Waals surface area (Å²) in [5, 5.41) is 41.0. The van der Waals surface area contributed by atoms with Crippen LogP contribution in [-0.4, -0.2) is 0 Å². The topological polar surface area (TPSA) is 95.2 Å². The molecule has 0 unspecified atom stereocenters. The molecule has 0 atom stereocenters. The molecule has 0 saturated heterocycles. The minimum atomic E-state index is -0.690. The zero-order valence-electron chi connectivity index (χ0n) is 30.6. The van der Waals surface area contributed by atoms with Gasteiger partial charge in [0.15, 0.2) is 0 Å². The van der Waals surface area contributed by atoms with Crippen LogP contribution in [0, 0.1) is 45.3 Å². The van der Waals surface area contributed by atoms with Crippen molar-refractivity contribution in [3.8, 4) is 79.9 Å². The van der Waals surface area contributed by atoms with E-state index in [9.17, 15) is 21.0 Å². The van der Waals surface area contributed by atoms with Crippen LogP contribution < -0.4 is 0 Å². The third kappa shape index (κ3) is 5.58. The fourth-order valence-corrected chi connectivity index (χ4v) is 8.58. The highest BCUT2D eigenvalue weighted by Gasteiger charge is 2.45. The van der Waals surface area contributed by atoms with Gasteiger partial charge < -0.3 is 0 Å². The summed E-state index contributed by atoms with van der Waals surface area (Å²) in [7, 11) is 0. The SMILES string of the molecule is N#Cc1cc(-c2ccc(C3(c4ccc(-c5cc(C#N)c(-c6ccccc6)cc5C#N)cc4)c4ccccc4-c4ccccc43)cc2)c(C#N)cc1-c1ccccc1. The Balaban J connectivity index is 1.19. The summed E-state index contributed by atoms with van der Waals surface area (Å²) in [6.07, 6.45) is 0. The molecule has 0 radical (unpaired) electrons. The first kappa shape index (κ1) is 34.5.